The zero-order valence-corrected chi connectivity index (χ0v) is 34.3. The molecule has 2 aliphatic carbocycles. The number of nitrogens with one attached hydrogen (secondary N) is 3. The number of likely N-dealkylation sites (tertiary alicyclic amines) is 1. The summed E-state index contributed by atoms with van der Waals surface area (Å²) in [6.45, 7) is 2.87. The number of nitro groups is 1. The second-order valence-corrected chi connectivity index (χ2v) is 18.3. The summed E-state index contributed by atoms with van der Waals surface area (Å²) in [7, 11) is -4.54. The molecule has 1 amide bonds. The lowest BCUT2D eigenvalue weighted by Gasteiger charge is -2.35. The van der Waals surface area contributed by atoms with Gasteiger partial charge in [-0.2, -0.15) is 0 Å². The molecule has 3 fully saturated rings. The summed E-state index contributed by atoms with van der Waals surface area (Å²) in [6.07, 6.45) is 16.2. The van der Waals surface area contributed by atoms with Crippen LogP contribution in [-0.2, 0) is 21.2 Å². The van der Waals surface area contributed by atoms with Crippen molar-refractivity contribution in [3.63, 3.8) is 0 Å². The Labute approximate surface area is 349 Å². The lowest BCUT2D eigenvalue weighted by molar-refractivity contribution is -0.384. The Kier molecular flexibility index (Phi) is 11.4. The fourth-order valence-corrected chi connectivity index (χ4v) is 10.2. The molecule has 13 nitrogen and oxygen atoms in total. The molecule has 2 aliphatic heterocycles. The number of fused-ring (bicyclic) bond motifs is 1. The van der Waals surface area contributed by atoms with Gasteiger partial charge >= 0.3 is 0 Å². The van der Waals surface area contributed by atoms with Crippen LogP contribution in [0, 0.1) is 16.0 Å². The van der Waals surface area contributed by atoms with Gasteiger partial charge in [0.1, 0.15) is 22.8 Å². The van der Waals surface area contributed by atoms with Crippen LogP contribution < -0.4 is 14.8 Å². The molecule has 9 rings (SSSR count). The van der Waals surface area contributed by atoms with Crippen LogP contribution in [0.25, 0.3) is 16.6 Å². The van der Waals surface area contributed by atoms with Gasteiger partial charge in [-0.3, -0.25) is 19.8 Å². The topological polar surface area (TPSA) is 169 Å². The number of ether oxygens (including phenoxy) is 2. The molecular weight excluding hydrogens is 781 g/mol. The number of nitrogens with zero attached hydrogens (tertiary/aromatic N) is 3. The molecule has 4 heterocycles. The Morgan fingerprint density at radius 3 is 2.65 bits per heavy atom. The second kappa shape index (κ2) is 17.2. The molecule has 2 atom stereocenters. The van der Waals surface area contributed by atoms with Gasteiger partial charge in [0.05, 0.1) is 21.6 Å². The van der Waals surface area contributed by atoms with Crippen LogP contribution in [0.5, 0.6) is 11.5 Å². The van der Waals surface area contributed by atoms with Gasteiger partial charge in [0.2, 0.25) is 0 Å². The molecule has 3 aromatic carbocycles. The molecule has 14 heteroatoms. The Balaban J connectivity index is 0.937. The Bertz CT molecular complexity index is 2550. The van der Waals surface area contributed by atoms with Gasteiger partial charge in [0, 0.05) is 49.5 Å². The first kappa shape index (κ1) is 39.9. The minimum Gasteiger partial charge on any atom is -0.455 e. The molecule has 312 valence electrons. The molecule has 1 saturated carbocycles. The summed E-state index contributed by atoms with van der Waals surface area (Å²) in [6, 6.07) is 22.4. The van der Waals surface area contributed by atoms with Crippen LogP contribution in [0.1, 0.15) is 90.8 Å². The zero-order valence-electron chi connectivity index (χ0n) is 33.5. The first-order valence-corrected chi connectivity index (χ1v) is 22.6. The van der Waals surface area contributed by atoms with Crippen molar-refractivity contribution < 1.29 is 27.6 Å². The van der Waals surface area contributed by atoms with E-state index >= 15 is 0 Å². The lowest BCUT2D eigenvalue weighted by atomic mass is 9.88. The number of rotatable bonds is 14. The van der Waals surface area contributed by atoms with E-state index in [1.807, 2.05) is 12.1 Å². The molecule has 3 N–H and O–H groups in total. The van der Waals surface area contributed by atoms with Gasteiger partial charge in [-0.15, -0.1) is 0 Å². The quantitative estimate of drug-likeness (QED) is 0.0727. The number of anilines is 1. The maximum absolute atomic E-state index is 13.9. The van der Waals surface area contributed by atoms with Crippen molar-refractivity contribution in [2.24, 2.45) is 5.92 Å². The fraction of sp³-hybridized carbons (Fsp3) is 0.391. The monoisotopic (exact) mass is 830 g/mol. The van der Waals surface area contributed by atoms with Crippen LogP contribution >= 0.6 is 0 Å². The normalized spacial score (nSPS) is 20.2. The molecule has 4 aliphatic rings. The molecule has 2 saturated heterocycles. The van der Waals surface area contributed by atoms with E-state index in [9.17, 15) is 23.3 Å². The Hall–Kier alpha value is -5.57. The average Bonchev–Trinajstić information content (AvgIpc) is 3.82. The first-order chi connectivity index (χ1) is 29.2. The highest BCUT2D eigenvalue weighted by Crippen LogP contribution is 2.43. The van der Waals surface area contributed by atoms with Gasteiger partial charge < -0.3 is 19.8 Å². The van der Waals surface area contributed by atoms with Crippen LogP contribution in [-0.4, -0.2) is 72.5 Å². The summed E-state index contributed by atoms with van der Waals surface area (Å²) in [5, 5.41) is 16.0. The number of carbonyl (C=O) groups excluding carboxylic acids is 1. The summed E-state index contributed by atoms with van der Waals surface area (Å²) >= 11 is 0. The van der Waals surface area contributed by atoms with E-state index in [0.29, 0.717) is 43.2 Å². The van der Waals surface area contributed by atoms with E-state index in [0.717, 1.165) is 73.6 Å². The van der Waals surface area contributed by atoms with Crippen LogP contribution in [0.15, 0.2) is 96.2 Å². The van der Waals surface area contributed by atoms with Gasteiger partial charge in [-0.1, -0.05) is 36.4 Å². The molecule has 0 bridgehead atoms. The third-order valence-corrected chi connectivity index (χ3v) is 14.0. The van der Waals surface area contributed by atoms with Crippen molar-refractivity contribution >= 4 is 43.9 Å². The van der Waals surface area contributed by atoms with Gasteiger partial charge in [0.25, 0.3) is 21.6 Å². The van der Waals surface area contributed by atoms with Crippen molar-refractivity contribution in [2.45, 2.75) is 87.1 Å². The van der Waals surface area contributed by atoms with Crippen LogP contribution in [0.2, 0.25) is 0 Å². The molecule has 0 spiro atoms. The molecule has 2 unspecified atom stereocenters. The number of aromatic amines is 1. The van der Waals surface area contributed by atoms with Gasteiger partial charge in [-0.05, 0) is 141 Å². The number of benzene rings is 3. The summed E-state index contributed by atoms with van der Waals surface area (Å²) < 4.78 is 41.2. The number of carbonyl (C=O) groups is 1. The first-order valence-electron chi connectivity index (χ1n) is 21.1. The minimum absolute atomic E-state index is 0.0126. The van der Waals surface area contributed by atoms with Gasteiger partial charge in [-0.25, -0.2) is 18.1 Å². The van der Waals surface area contributed by atoms with Crippen molar-refractivity contribution in [1.29, 1.82) is 0 Å². The second-order valence-electron chi connectivity index (χ2n) is 16.6. The Morgan fingerprint density at radius 2 is 1.85 bits per heavy atom. The molecule has 5 aromatic rings. The number of sulfonamides is 1. The SMILES string of the molecule is O=C(NS(=O)(=O)c1ccc(NCC2CCOCC2)c([N+](=O)[O-])c1)c1ccc(C2=CCC(N3CCCC3Cc3ccccc3C3CC3)CC2)cc1Oc1cnc2[nH]ccc2c1. The number of hydrogen-bond donors (Lipinski definition) is 3. The fourth-order valence-electron chi connectivity index (χ4n) is 9.22. The number of hydrogen-bond acceptors (Lipinski definition) is 10. The summed E-state index contributed by atoms with van der Waals surface area (Å²) in [5.74, 6) is 0.613. The van der Waals surface area contributed by atoms with Crippen molar-refractivity contribution in [1.82, 2.24) is 19.6 Å². The largest absolute Gasteiger partial charge is 0.455 e. The maximum Gasteiger partial charge on any atom is 0.293 e. The summed E-state index contributed by atoms with van der Waals surface area (Å²) in [4.78, 5) is 35.2. The number of nitro benzene ring substituents is 1. The van der Waals surface area contributed by atoms with Crippen molar-refractivity contribution in [3.05, 3.63) is 124 Å². The van der Waals surface area contributed by atoms with Crippen LogP contribution in [0.3, 0.4) is 0 Å². The number of H-pyrrole nitrogens is 1. The average molecular weight is 831 g/mol. The van der Waals surface area contributed by atoms with E-state index in [-0.39, 0.29) is 22.9 Å². The molecule has 60 heavy (non-hydrogen) atoms. The van der Waals surface area contributed by atoms with Crippen molar-refractivity contribution in [2.75, 3.05) is 31.6 Å². The molecular formula is C46H50N6O7S. The summed E-state index contributed by atoms with van der Waals surface area (Å²) in [5.41, 5.74) is 5.53. The highest BCUT2D eigenvalue weighted by molar-refractivity contribution is 7.90. The maximum atomic E-state index is 13.9. The van der Waals surface area contributed by atoms with E-state index in [1.54, 1.807) is 36.2 Å². The zero-order chi connectivity index (χ0) is 41.2. The van der Waals surface area contributed by atoms with Gasteiger partial charge in [0.15, 0.2) is 0 Å². The number of allylic oxidation sites excluding steroid dienone is 1. The number of aromatic nitrogens is 2. The molecule has 0 radical (unpaired) electrons. The Morgan fingerprint density at radius 1 is 1.00 bits per heavy atom. The number of amides is 1. The third kappa shape index (κ3) is 8.81. The van der Waals surface area contributed by atoms with E-state index in [1.165, 1.54) is 43.4 Å². The standard InChI is InChI=1S/C46H50N6O7S/c53-46(50-60(56,57)39-14-16-42(43(27-39)52(54)55)48-28-30-18-22-58-23-19-30)41-15-11-33(26-44(41)59-38-25-35-17-20-47-45(35)49-29-38)31-9-12-36(13-10-31)51-21-3-5-37(51)24-34-4-1-2-6-40(34)32-7-8-32/h1-2,4,6,9,11,14-17,20,25-27,29-30,32,36-37,48H,3,5,7-8,10,12-13,18-19,21-24,28H2,(H,47,49)(H,50,53). The van der Waals surface area contributed by atoms with E-state index < -0.39 is 31.4 Å². The lowest BCUT2D eigenvalue weighted by Crippen LogP contribution is -2.41. The highest BCUT2D eigenvalue weighted by Gasteiger charge is 2.34. The van der Waals surface area contributed by atoms with E-state index in [4.69, 9.17) is 9.47 Å². The minimum atomic E-state index is -4.54. The molecule has 2 aromatic heterocycles. The predicted molar refractivity (Wildman–Crippen MR) is 230 cm³/mol. The third-order valence-electron chi connectivity index (χ3n) is 12.6. The highest BCUT2D eigenvalue weighted by atomic mass is 32.2. The smallest absolute Gasteiger partial charge is 0.293 e. The predicted octanol–water partition coefficient (Wildman–Crippen LogP) is 8.74. The van der Waals surface area contributed by atoms with Crippen LogP contribution in [0.4, 0.5) is 11.4 Å². The van der Waals surface area contributed by atoms with Crippen molar-refractivity contribution in [3.8, 4) is 11.5 Å². The number of pyridine rings is 1. The van der Waals surface area contributed by atoms with E-state index in [2.05, 4.69) is 55.2 Å².